The fourth-order valence-electron chi connectivity index (χ4n) is 2.12. The first-order chi connectivity index (χ1) is 10.1. The van der Waals surface area contributed by atoms with Crippen LogP contribution in [0.15, 0.2) is 55.1 Å². The standard InChI is InChI=1S/C16H13N3O2.K/c1-11-4-5-12(16(20)21)7-15(11)19-10-14(9-18-19)13-3-2-6-17-8-13;/h2-10H,1H3,(H,20,21);/q;+1/p-1. The average molecular weight is 317 g/mol. The maximum absolute atomic E-state index is 11.0. The number of nitrogens with zero attached hydrogens (tertiary/aromatic N) is 3. The van der Waals surface area contributed by atoms with Crippen LogP contribution in [-0.4, -0.2) is 20.7 Å². The molecule has 0 saturated carbocycles. The molecule has 22 heavy (non-hydrogen) atoms. The SMILES string of the molecule is Cc1ccc(C(=O)[O-])cc1-n1cc(-c2cccnc2)cn1.[K+]. The Kier molecular flexibility index (Phi) is 5.66. The van der Waals surface area contributed by atoms with Gasteiger partial charge in [0.2, 0.25) is 0 Å². The molecule has 3 rings (SSSR count). The van der Waals surface area contributed by atoms with Gasteiger partial charge >= 0.3 is 51.4 Å². The second-order valence-electron chi connectivity index (χ2n) is 4.70. The monoisotopic (exact) mass is 317 g/mol. The molecule has 0 aliphatic rings. The number of pyridine rings is 1. The zero-order valence-corrected chi connectivity index (χ0v) is 15.5. The summed E-state index contributed by atoms with van der Waals surface area (Å²) in [5, 5.41) is 15.3. The number of hydrogen-bond donors (Lipinski definition) is 0. The fourth-order valence-corrected chi connectivity index (χ4v) is 2.12. The summed E-state index contributed by atoms with van der Waals surface area (Å²) in [6, 6.07) is 8.63. The summed E-state index contributed by atoms with van der Waals surface area (Å²) < 4.78 is 1.66. The third kappa shape index (κ3) is 3.53. The zero-order chi connectivity index (χ0) is 14.8. The zero-order valence-electron chi connectivity index (χ0n) is 12.4. The molecule has 0 unspecified atom stereocenters. The molecule has 0 fully saturated rings. The number of rotatable bonds is 3. The number of aryl methyl sites for hydroxylation is 1. The molecule has 6 heteroatoms. The minimum Gasteiger partial charge on any atom is -0.545 e. The van der Waals surface area contributed by atoms with Crippen LogP contribution in [0.1, 0.15) is 15.9 Å². The summed E-state index contributed by atoms with van der Waals surface area (Å²) in [7, 11) is 0. The van der Waals surface area contributed by atoms with Gasteiger partial charge in [-0.1, -0.05) is 18.2 Å². The van der Waals surface area contributed by atoms with Crippen LogP contribution in [0.3, 0.4) is 0 Å². The number of hydrogen-bond acceptors (Lipinski definition) is 4. The van der Waals surface area contributed by atoms with Gasteiger partial charge in [0.05, 0.1) is 17.9 Å². The van der Waals surface area contributed by atoms with Gasteiger partial charge in [-0.2, -0.15) is 5.10 Å². The van der Waals surface area contributed by atoms with Gasteiger partial charge in [-0.05, 0) is 30.2 Å². The largest absolute Gasteiger partial charge is 1.00 e. The molecule has 5 nitrogen and oxygen atoms in total. The van der Waals surface area contributed by atoms with Crippen molar-refractivity contribution in [1.82, 2.24) is 14.8 Å². The smallest absolute Gasteiger partial charge is 0.545 e. The second kappa shape index (κ2) is 7.30. The van der Waals surface area contributed by atoms with E-state index in [4.69, 9.17) is 0 Å². The van der Waals surface area contributed by atoms with Crippen molar-refractivity contribution >= 4 is 5.97 Å². The van der Waals surface area contributed by atoms with Crippen molar-refractivity contribution in [2.75, 3.05) is 0 Å². The number of aromatic carboxylic acids is 1. The van der Waals surface area contributed by atoms with Crippen molar-refractivity contribution in [1.29, 1.82) is 0 Å². The summed E-state index contributed by atoms with van der Waals surface area (Å²) >= 11 is 0. The van der Waals surface area contributed by atoms with Crippen molar-refractivity contribution in [2.24, 2.45) is 0 Å². The van der Waals surface area contributed by atoms with E-state index in [1.165, 1.54) is 6.07 Å². The van der Waals surface area contributed by atoms with Gasteiger partial charge in [0.1, 0.15) is 0 Å². The van der Waals surface area contributed by atoms with Gasteiger partial charge in [0.15, 0.2) is 0 Å². The van der Waals surface area contributed by atoms with E-state index in [0.29, 0.717) is 5.69 Å². The van der Waals surface area contributed by atoms with Crippen LogP contribution in [-0.2, 0) is 0 Å². The van der Waals surface area contributed by atoms with Crippen LogP contribution < -0.4 is 56.5 Å². The van der Waals surface area contributed by atoms with Crippen molar-refractivity contribution < 1.29 is 61.3 Å². The molecular formula is C16H12KN3O2. The summed E-state index contributed by atoms with van der Waals surface area (Å²) in [5.74, 6) is -1.20. The van der Waals surface area contributed by atoms with Crippen LogP contribution in [0.2, 0.25) is 0 Å². The van der Waals surface area contributed by atoms with E-state index in [2.05, 4.69) is 10.1 Å². The average Bonchev–Trinajstić information content (AvgIpc) is 2.98. The van der Waals surface area contributed by atoms with Crippen LogP contribution in [0.25, 0.3) is 16.8 Å². The van der Waals surface area contributed by atoms with Crippen LogP contribution in [0.4, 0.5) is 0 Å². The minimum absolute atomic E-state index is 0. The molecular weight excluding hydrogens is 305 g/mol. The Balaban J connectivity index is 0.00000176. The molecule has 0 radical (unpaired) electrons. The van der Waals surface area contributed by atoms with Gasteiger partial charge < -0.3 is 9.90 Å². The number of aromatic nitrogens is 3. The third-order valence-corrected chi connectivity index (χ3v) is 3.27. The van der Waals surface area contributed by atoms with Crippen molar-refractivity contribution in [2.45, 2.75) is 6.92 Å². The summed E-state index contributed by atoms with van der Waals surface area (Å²) in [5.41, 5.74) is 3.65. The Morgan fingerprint density at radius 3 is 2.68 bits per heavy atom. The number of carbonyl (C=O) groups excluding carboxylic acids is 1. The number of carbonyl (C=O) groups is 1. The predicted molar refractivity (Wildman–Crippen MR) is 75.9 cm³/mol. The van der Waals surface area contributed by atoms with Gasteiger partial charge in [0, 0.05) is 29.7 Å². The molecule has 2 aromatic heterocycles. The third-order valence-electron chi connectivity index (χ3n) is 3.27. The van der Waals surface area contributed by atoms with Crippen LogP contribution in [0, 0.1) is 6.92 Å². The topological polar surface area (TPSA) is 70.8 Å². The summed E-state index contributed by atoms with van der Waals surface area (Å²) in [6.07, 6.45) is 7.04. The van der Waals surface area contributed by atoms with E-state index in [1.54, 1.807) is 35.4 Å². The quantitative estimate of drug-likeness (QED) is 0.558. The number of carboxylic acids is 1. The van der Waals surface area contributed by atoms with E-state index in [1.807, 2.05) is 25.3 Å². The second-order valence-corrected chi connectivity index (χ2v) is 4.70. The minimum atomic E-state index is -1.20. The van der Waals surface area contributed by atoms with Gasteiger partial charge in [-0.3, -0.25) is 4.98 Å². The van der Waals surface area contributed by atoms with Gasteiger partial charge in [-0.15, -0.1) is 0 Å². The number of benzene rings is 1. The molecule has 0 saturated heterocycles. The Hall–Kier alpha value is -1.31. The molecule has 0 spiro atoms. The van der Waals surface area contributed by atoms with E-state index >= 15 is 0 Å². The molecule has 0 aliphatic carbocycles. The predicted octanol–water partition coefficient (Wildman–Crippen LogP) is -1.39. The number of carboxylic acid groups (broad SMARTS) is 1. The first kappa shape index (κ1) is 17.0. The Bertz CT molecular complexity index is 800. The molecule has 0 amide bonds. The van der Waals surface area contributed by atoms with E-state index in [9.17, 15) is 9.90 Å². The molecule has 104 valence electrons. The normalized spacial score (nSPS) is 10.0. The maximum Gasteiger partial charge on any atom is 1.00 e. The van der Waals surface area contributed by atoms with Crippen molar-refractivity contribution in [3.8, 4) is 16.8 Å². The Morgan fingerprint density at radius 2 is 2.00 bits per heavy atom. The van der Waals surface area contributed by atoms with Gasteiger partial charge in [0.25, 0.3) is 0 Å². The van der Waals surface area contributed by atoms with Gasteiger partial charge in [-0.25, -0.2) is 4.68 Å². The molecule has 3 aromatic rings. The molecule has 0 aliphatic heterocycles. The van der Waals surface area contributed by atoms with Crippen LogP contribution >= 0.6 is 0 Å². The first-order valence-corrected chi connectivity index (χ1v) is 6.42. The van der Waals surface area contributed by atoms with Crippen molar-refractivity contribution in [3.63, 3.8) is 0 Å². The Morgan fingerprint density at radius 1 is 1.18 bits per heavy atom. The first-order valence-electron chi connectivity index (χ1n) is 6.42. The van der Waals surface area contributed by atoms with Crippen molar-refractivity contribution in [3.05, 3.63) is 66.2 Å². The molecule has 2 heterocycles. The van der Waals surface area contributed by atoms with E-state index < -0.39 is 5.97 Å². The Labute approximate surface area is 170 Å². The summed E-state index contributed by atoms with van der Waals surface area (Å²) in [6.45, 7) is 1.90. The fraction of sp³-hybridized carbons (Fsp3) is 0.0625. The summed E-state index contributed by atoms with van der Waals surface area (Å²) in [4.78, 5) is 15.0. The molecule has 1 aromatic carbocycles. The van der Waals surface area contributed by atoms with E-state index in [0.717, 1.165) is 16.7 Å². The molecule has 0 N–H and O–H groups in total. The van der Waals surface area contributed by atoms with Crippen LogP contribution in [0.5, 0.6) is 0 Å². The molecule has 0 atom stereocenters. The maximum atomic E-state index is 11.0. The molecule has 0 bridgehead atoms. The van der Waals surface area contributed by atoms with E-state index in [-0.39, 0.29) is 56.9 Å².